The van der Waals surface area contributed by atoms with Crippen molar-refractivity contribution >= 4 is 11.3 Å². The van der Waals surface area contributed by atoms with Crippen LogP contribution in [0, 0.1) is 12.8 Å². The summed E-state index contributed by atoms with van der Waals surface area (Å²) in [7, 11) is 0. The van der Waals surface area contributed by atoms with E-state index in [2.05, 4.69) is 61.4 Å². The first-order valence-electron chi connectivity index (χ1n) is 12.5. The van der Waals surface area contributed by atoms with Crippen molar-refractivity contribution in [3.63, 3.8) is 0 Å². The number of anilines is 1. The Kier molecular flexibility index (Phi) is 5.74. The number of rotatable bonds is 8. The molecule has 1 N–H and O–H groups in total. The lowest BCUT2D eigenvalue weighted by Crippen LogP contribution is -2.26. The molecule has 0 amide bonds. The molecule has 5 heterocycles. The first kappa shape index (κ1) is 21.3. The van der Waals surface area contributed by atoms with Gasteiger partial charge in [-0.2, -0.15) is 0 Å². The topological polar surface area (TPSA) is 76.2 Å². The van der Waals surface area contributed by atoms with Gasteiger partial charge < -0.3 is 14.6 Å². The first-order valence-corrected chi connectivity index (χ1v) is 12.5. The zero-order valence-corrected chi connectivity index (χ0v) is 19.8. The van der Waals surface area contributed by atoms with Crippen molar-refractivity contribution in [2.24, 2.45) is 5.92 Å². The predicted octanol–water partition coefficient (Wildman–Crippen LogP) is 3.83. The van der Waals surface area contributed by atoms with Crippen LogP contribution in [0.25, 0.3) is 16.9 Å². The maximum atomic E-state index is 4.78. The quantitative estimate of drug-likeness (QED) is 0.434. The van der Waals surface area contributed by atoms with E-state index < -0.39 is 0 Å². The summed E-state index contributed by atoms with van der Waals surface area (Å²) in [4.78, 5) is 11.7. The van der Waals surface area contributed by atoms with Crippen LogP contribution in [0.3, 0.4) is 0 Å². The zero-order valence-electron chi connectivity index (χ0n) is 19.8. The summed E-state index contributed by atoms with van der Waals surface area (Å²) in [6, 6.07) is 4.26. The molecule has 0 aromatic carbocycles. The van der Waals surface area contributed by atoms with E-state index in [1.54, 1.807) is 0 Å². The van der Waals surface area contributed by atoms with Gasteiger partial charge in [-0.15, -0.1) is 5.10 Å². The van der Waals surface area contributed by atoms with Gasteiger partial charge in [0.1, 0.15) is 11.3 Å². The maximum absolute atomic E-state index is 4.78. The Hall–Kier alpha value is -3.26. The Balaban J connectivity index is 1.15. The van der Waals surface area contributed by atoms with Gasteiger partial charge in [0.25, 0.3) is 0 Å². The summed E-state index contributed by atoms with van der Waals surface area (Å²) >= 11 is 0. The van der Waals surface area contributed by atoms with Crippen molar-refractivity contribution in [3.05, 3.63) is 59.9 Å². The van der Waals surface area contributed by atoms with Crippen LogP contribution in [-0.2, 0) is 13.1 Å². The largest absolute Gasteiger partial charge is 0.370 e. The molecule has 6 rings (SSSR count). The highest BCUT2D eigenvalue weighted by molar-refractivity contribution is 5.70. The van der Waals surface area contributed by atoms with Crippen molar-refractivity contribution in [2.45, 2.75) is 52.1 Å². The monoisotopic (exact) mass is 456 g/mol. The van der Waals surface area contributed by atoms with Crippen LogP contribution in [0.15, 0.2) is 43.1 Å². The number of hydrogen-bond acceptors (Lipinski definition) is 6. The molecule has 4 aromatic rings. The second-order valence-electron chi connectivity index (χ2n) is 9.79. The Morgan fingerprint density at radius 2 is 1.91 bits per heavy atom. The number of hydrogen-bond donors (Lipinski definition) is 1. The Bertz CT molecular complexity index is 1280. The SMILES string of the molecule is Cc1c(-c2cn(Cc3cn4cc(CNCC5CCC5)ccc4n3)nn2)cncc1N1CCCC1. The van der Waals surface area contributed by atoms with Gasteiger partial charge in [0.15, 0.2) is 0 Å². The summed E-state index contributed by atoms with van der Waals surface area (Å²) < 4.78 is 3.97. The molecule has 176 valence electrons. The third kappa shape index (κ3) is 4.30. The van der Waals surface area contributed by atoms with Crippen LogP contribution in [-0.4, -0.2) is 49.0 Å². The summed E-state index contributed by atoms with van der Waals surface area (Å²) in [5.41, 5.74) is 7.53. The summed E-state index contributed by atoms with van der Waals surface area (Å²) in [5, 5.41) is 12.4. The molecular formula is C26H32N8. The summed E-state index contributed by atoms with van der Waals surface area (Å²) in [6.07, 6.45) is 16.8. The molecule has 1 aliphatic heterocycles. The summed E-state index contributed by atoms with van der Waals surface area (Å²) in [6.45, 7) is 6.97. The van der Waals surface area contributed by atoms with Crippen molar-refractivity contribution < 1.29 is 0 Å². The number of nitrogens with zero attached hydrogens (tertiary/aromatic N) is 7. The minimum atomic E-state index is 0.586. The molecule has 34 heavy (non-hydrogen) atoms. The van der Waals surface area contributed by atoms with E-state index in [9.17, 15) is 0 Å². The molecule has 0 unspecified atom stereocenters. The second kappa shape index (κ2) is 9.18. The highest BCUT2D eigenvalue weighted by atomic mass is 15.4. The molecule has 0 radical (unpaired) electrons. The van der Waals surface area contributed by atoms with Crippen molar-refractivity contribution in [2.75, 3.05) is 24.5 Å². The second-order valence-corrected chi connectivity index (χ2v) is 9.79. The van der Waals surface area contributed by atoms with Crippen molar-refractivity contribution in [1.29, 1.82) is 0 Å². The number of aromatic nitrogens is 6. The van der Waals surface area contributed by atoms with Gasteiger partial charge in [-0.1, -0.05) is 17.7 Å². The molecule has 2 aliphatic rings. The molecule has 8 heteroatoms. The maximum Gasteiger partial charge on any atom is 0.137 e. The van der Waals surface area contributed by atoms with E-state index in [4.69, 9.17) is 4.98 Å². The van der Waals surface area contributed by atoms with Gasteiger partial charge in [-0.05, 0) is 62.3 Å². The minimum Gasteiger partial charge on any atom is -0.370 e. The van der Waals surface area contributed by atoms with Crippen molar-refractivity contribution in [1.82, 2.24) is 34.7 Å². The average Bonchev–Trinajstić information content (AvgIpc) is 3.56. The van der Waals surface area contributed by atoms with Gasteiger partial charge in [-0.25, -0.2) is 9.67 Å². The Morgan fingerprint density at radius 3 is 2.74 bits per heavy atom. The highest BCUT2D eigenvalue weighted by Crippen LogP contribution is 2.30. The Labute approximate surface area is 200 Å². The van der Waals surface area contributed by atoms with Gasteiger partial charge in [-0.3, -0.25) is 4.98 Å². The lowest BCUT2D eigenvalue weighted by Gasteiger charge is -2.25. The lowest BCUT2D eigenvalue weighted by atomic mass is 9.85. The van der Waals surface area contributed by atoms with E-state index in [-0.39, 0.29) is 0 Å². The fourth-order valence-electron chi connectivity index (χ4n) is 5.10. The Morgan fingerprint density at radius 1 is 1.03 bits per heavy atom. The number of imidazole rings is 1. The molecule has 0 spiro atoms. The van der Waals surface area contributed by atoms with Gasteiger partial charge >= 0.3 is 0 Å². The molecule has 0 bridgehead atoms. The fraction of sp³-hybridized carbons (Fsp3) is 0.462. The van der Waals surface area contributed by atoms with Gasteiger partial charge in [0, 0.05) is 43.8 Å². The molecule has 1 saturated carbocycles. The molecule has 1 aliphatic carbocycles. The van der Waals surface area contributed by atoms with E-state index in [0.717, 1.165) is 54.7 Å². The van der Waals surface area contributed by atoms with E-state index in [1.165, 1.54) is 48.9 Å². The fourth-order valence-corrected chi connectivity index (χ4v) is 5.10. The van der Waals surface area contributed by atoms with Crippen molar-refractivity contribution in [3.8, 4) is 11.3 Å². The average molecular weight is 457 g/mol. The van der Waals surface area contributed by atoms with Crippen LogP contribution in [0.1, 0.15) is 48.9 Å². The number of pyridine rings is 2. The highest BCUT2D eigenvalue weighted by Gasteiger charge is 2.18. The normalized spacial score (nSPS) is 16.4. The van der Waals surface area contributed by atoms with Crippen LogP contribution in [0.4, 0.5) is 5.69 Å². The number of fused-ring (bicyclic) bond motifs is 1. The molecular weight excluding hydrogens is 424 g/mol. The lowest BCUT2D eigenvalue weighted by molar-refractivity contribution is 0.301. The zero-order chi connectivity index (χ0) is 22.9. The number of nitrogens with one attached hydrogen (secondary N) is 1. The van der Waals surface area contributed by atoms with Crippen LogP contribution in [0.5, 0.6) is 0 Å². The van der Waals surface area contributed by atoms with Crippen LogP contribution < -0.4 is 10.2 Å². The van der Waals surface area contributed by atoms with Crippen LogP contribution in [0.2, 0.25) is 0 Å². The third-order valence-electron chi connectivity index (χ3n) is 7.32. The molecule has 2 fully saturated rings. The minimum absolute atomic E-state index is 0.586. The van der Waals surface area contributed by atoms with Gasteiger partial charge in [0.05, 0.1) is 30.3 Å². The van der Waals surface area contributed by atoms with E-state index in [1.807, 2.05) is 23.3 Å². The first-order chi connectivity index (χ1) is 16.7. The molecule has 1 saturated heterocycles. The molecule has 0 atom stereocenters. The third-order valence-corrected chi connectivity index (χ3v) is 7.32. The standard InChI is InChI=1S/C26H32N8/c1-19-23(13-28-14-25(19)32-9-2-3-10-32)24-18-34(31-30-24)17-22-16-33-15-21(7-8-26(33)29-22)12-27-11-20-5-4-6-20/h7-8,13-16,18,20,27H,2-6,9-12,17H2,1H3. The smallest absolute Gasteiger partial charge is 0.137 e. The van der Waals surface area contributed by atoms with Gasteiger partial charge in [0.2, 0.25) is 0 Å². The predicted molar refractivity (Wildman–Crippen MR) is 133 cm³/mol. The molecule has 8 nitrogen and oxygen atoms in total. The van der Waals surface area contributed by atoms with E-state index >= 15 is 0 Å². The van der Waals surface area contributed by atoms with Crippen LogP contribution >= 0.6 is 0 Å². The van der Waals surface area contributed by atoms with E-state index in [0.29, 0.717) is 6.54 Å². The molecule has 4 aromatic heterocycles. The summed E-state index contributed by atoms with van der Waals surface area (Å²) in [5.74, 6) is 0.874.